The molecule has 0 atom stereocenters. The molecule has 0 radical (unpaired) electrons. The molecule has 1 saturated heterocycles. The lowest BCUT2D eigenvalue weighted by Crippen LogP contribution is -2.41. The molecule has 1 aliphatic rings. The first kappa shape index (κ1) is 15.2. The number of amides is 1. The Hall–Kier alpha value is -2.15. The van der Waals surface area contributed by atoms with Gasteiger partial charge in [-0.1, -0.05) is 12.1 Å². The molecule has 0 unspecified atom stereocenters. The van der Waals surface area contributed by atoms with Gasteiger partial charge in [0.2, 0.25) is 0 Å². The van der Waals surface area contributed by atoms with Crippen molar-refractivity contribution in [3.05, 3.63) is 34.4 Å². The Balaban J connectivity index is 1.89. The summed E-state index contributed by atoms with van der Waals surface area (Å²) in [6, 6.07) is 5.99. The molecule has 0 aliphatic carbocycles. The molecule has 1 amide bonds. The highest BCUT2D eigenvalue weighted by Gasteiger charge is 2.23. The molecule has 7 heteroatoms. The highest BCUT2D eigenvalue weighted by atomic mass is 16.6. The number of benzene rings is 1. The third-order valence-electron chi connectivity index (χ3n) is 3.64. The summed E-state index contributed by atoms with van der Waals surface area (Å²) in [7, 11) is 0. The summed E-state index contributed by atoms with van der Waals surface area (Å²) in [5, 5.41) is 19.9. The highest BCUT2D eigenvalue weighted by Crippen LogP contribution is 2.26. The van der Waals surface area contributed by atoms with Gasteiger partial charge in [-0.05, 0) is 24.8 Å². The summed E-state index contributed by atoms with van der Waals surface area (Å²) >= 11 is 0. The number of hydrogen-bond acceptors (Lipinski definition) is 5. The van der Waals surface area contributed by atoms with E-state index in [2.05, 4.69) is 0 Å². The molecule has 1 fully saturated rings. The number of ether oxygens (including phenoxy) is 1. The predicted octanol–water partition coefficient (Wildman–Crippen LogP) is 1.20. The average Bonchev–Trinajstić information content (AvgIpc) is 2.52. The van der Waals surface area contributed by atoms with E-state index >= 15 is 0 Å². The van der Waals surface area contributed by atoms with E-state index in [1.807, 2.05) is 0 Å². The van der Waals surface area contributed by atoms with E-state index in [-0.39, 0.29) is 36.5 Å². The van der Waals surface area contributed by atoms with Crippen LogP contribution >= 0.6 is 0 Å². The summed E-state index contributed by atoms with van der Waals surface area (Å²) in [5.74, 6) is 0.163. The van der Waals surface area contributed by atoms with Crippen LogP contribution in [0.15, 0.2) is 24.3 Å². The lowest BCUT2D eigenvalue weighted by atomic mass is 9.98. The van der Waals surface area contributed by atoms with E-state index in [0.29, 0.717) is 13.1 Å². The smallest absolute Gasteiger partial charge is 0.310 e. The van der Waals surface area contributed by atoms with Crippen molar-refractivity contribution in [3.8, 4) is 5.75 Å². The molecule has 1 N–H and O–H groups in total. The third kappa shape index (κ3) is 3.91. The van der Waals surface area contributed by atoms with Gasteiger partial charge in [0.1, 0.15) is 0 Å². The summed E-state index contributed by atoms with van der Waals surface area (Å²) in [6.45, 7) is 1.11. The van der Waals surface area contributed by atoms with Gasteiger partial charge in [-0.2, -0.15) is 0 Å². The normalized spacial score (nSPS) is 15.8. The van der Waals surface area contributed by atoms with Gasteiger partial charge in [-0.25, -0.2) is 0 Å². The Morgan fingerprint density at radius 2 is 2.05 bits per heavy atom. The monoisotopic (exact) mass is 294 g/mol. The second kappa shape index (κ2) is 7.03. The topological polar surface area (TPSA) is 92.9 Å². The van der Waals surface area contributed by atoms with E-state index in [1.165, 1.54) is 12.1 Å². The Labute approximate surface area is 122 Å². The van der Waals surface area contributed by atoms with Gasteiger partial charge in [-0.3, -0.25) is 14.9 Å². The number of nitro groups is 1. The third-order valence-corrected chi connectivity index (χ3v) is 3.64. The van der Waals surface area contributed by atoms with Crippen molar-refractivity contribution in [2.45, 2.75) is 12.8 Å². The minimum absolute atomic E-state index is 0.0982. The number of nitrogens with zero attached hydrogens (tertiary/aromatic N) is 2. The molecule has 1 aromatic carbocycles. The molecule has 1 heterocycles. The van der Waals surface area contributed by atoms with Crippen LogP contribution in [0.25, 0.3) is 0 Å². The van der Waals surface area contributed by atoms with Crippen LogP contribution < -0.4 is 4.74 Å². The fourth-order valence-electron chi connectivity index (χ4n) is 2.33. The molecule has 1 aliphatic heterocycles. The van der Waals surface area contributed by atoms with Crippen molar-refractivity contribution in [3.63, 3.8) is 0 Å². The standard InChI is InChI=1S/C14H18N2O5/c17-9-11-5-7-15(8-6-11)14(18)10-21-13-4-2-1-3-12(13)16(19)20/h1-4,11,17H,5-10H2. The Bertz CT molecular complexity index is 512. The van der Waals surface area contributed by atoms with E-state index in [0.717, 1.165) is 12.8 Å². The van der Waals surface area contributed by atoms with Crippen LogP contribution in [0, 0.1) is 16.0 Å². The first-order valence-corrected chi connectivity index (χ1v) is 6.86. The molecular weight excluding hydrogens is 276 g/mol. The molecule has 0 bridgehead atoms. The second-order valence-electron chi connectivity index (χ2n) is 5.02. The Morgan fingerprint density at radius 3 is 2.67 bits per heavy atom. The average molecular weight is 294 g/mol. The van der Waals surface area contributed by atoms with Crippen LogP contribution in [0.5, 0.6) is 5.75 Å². The van der Waals surface area contributed by atoms with Gasteiger partial charge in [0.05, 0.1) is 4.92 Å². The van der Waals surface area contributed by atoms with Crippen LogP contribution in [0.2, 0.25) is 0 Å². The zero-order chi connectivity index (χ0) is 15.2. The Kier molecular flexibility index (Phi) is 5.10. The first-order chi connectivity index (χ1) is 10.1. The number of rotatable bonds is 5. The van der Waals surface area contributed by atoms with E-state index in [4.69, 9.17) is 9.84 Å². The molecule has 0 aromatic heterocycles. The number of nitro benzene ring substituents is 1. The largest absolute Gasteiger partial charge is 0.477 e. The van der Waals surface area contributed by atoms with Crippen LogP contribution in [0.4, 0.5) is 5.69 Å². The molecule has 114 valence electrons. The SMILES string of the molecule is O=C(COc1ccccc1[N+](=O)[O-])N1CCC(CO)CC1. The molecule has 0 saturated carbocycles. The Morgan fingerprint density at radius 1 is 1.38 bits per heavy atom. The maximum Gasteiger partial charge on any atom is 0.310 e. The van der Waals surface area contributed by atoms with Crippen molar-refractivity contribution in [2.24, 2.45) is 5.92 Å². The molecule has 21 heavy (non-hydrogen) atoms. The summed E-state index contributed by atoms with van der Waals surface area (Å²) in [4.78, 5) is 24.0. The summed E-state index contributed by atoms with van der Waals surface area (Å²) in [5.41, 5.74) is -0.149. The van der Waals surface area contributed by atoms with Crippen molar-refractivity contribution >= 4 is 11.6 Å². The predicted molar refractivity (Wildman–Crippen MR) is 75.0 cm³/mol. The molecule has 0 spiro atoms. The van der Waals surface area contributed by atoms with Crippen LogP contribution in [-0.2, 0) is 4.79 Å². The summed E-state index contributed by atoms with van der Waals surface area (Å²) in [6.07, 6.45) is 1.54. The van der Waals surface area contributed by atoms with Gasteiger partial charge in [0.15, 0.2) is 12.4 Å². The number of hydrogen-bond donors (Lipinski definition) is 1. The molecular formula is C14H18N2O5. The van der Waals surface area contributed by atoms with Gasteiger partial charge in [-0.15, -0.1) is 0 Å². The molecule has 2 rings (SSSR count). The number of carbonyl (C=O) groups excluding carboxylic acids is 1. The maximum absolute atomic E-state index is 12.0. The number of piperidine rings is 1. The molecule has 7 nitrogen and oxygen atoms in total. The minimum Gasteiger partial charge on any atom is -0.477 e. The van der Waals surface area contributed by atoms with Gasteiger partial charge in [0.25, 0.3) is 5.91 Å². The van der Waals surface area contributed by atoms with Crippen molar-refractivity contribution < 1.29 is 19.6 Å². The fraction of sp³-hybridized carbons (Fsp3) is 0.500. The number of para-hydroxylation sites is 2. The number of likely N-dealkylation sites (tertiary alicyclic amines) is 1. The fourth-order valence-corrected chi connectivity index (χ4v) is 2.33. The van der Waals surface area contributed by atoms with E-state index in [1.54, 1.807) is 17.0 Å². The lowest BCUT2D eigenvalue weighted by Gasteiger charge is -2.31. The zero-order valence-corrected chi connectivity index (χ0v) is 11.6. The van der Waals surface area contributed by atoms with E-state index < -0.39 is 4.92 Å². The lowest BCUT2D eigenvalue weighted by molar-refractivity contribution is -0.385. The van der Waals surface area contributed by atoms with Crippen molar-refractivity contribution in [1.82, 2.24) is 4.90 Å². The number of carbonyl (C=O) groups is 1. The van der Waals surface area contributed by atoms with Gasteiger partial charge < -0.3 is 14.7 Å². The highest BCUT2D eigenvalue weighted by molar-refractivity contribution is 5.78. The van der Waals surface area contributed by atoms with Crippen LogP contribution in [-0.4, -0.2) is 47.1 Å². The molecule has 1 aromatic rings. The van der Waals surface area contributed by atoms with Gasteiger partial charge in [0, 0.05) is 25.8 Å². The van der Waals surface area contributed by atoms with Crippen LogP contribution in [0.3, 0.4) is 0 Å². The second-order valence-corrected chi connectivity index (χ2v) is 5.02. The van der Waals surface area contributed by atoms with Crippen molar-refractivity contribution in [2.75, 3.05) is 26.3 Å². The quantitative estimate of drug-likeness (QED) is 0.650. The zero-order valence-electron chi connectivity index (χ0n) is 11.6. The van der Waals surface area contributed by atoms with Crippen LogP contribution in [0.1, 0.15) is 12.8 Å². The maximum atomic E-state index is 12.0. The van der Waals surface area contributed by atoms with E-state index in [9.17, 15) is 14.9 Å². The van der Waals surface area contributed by atoms with Gasteiger partial charge >= 0.3 is 5.69 Å². The summed E-state index contributed by atoms with van der Waals surface area (Å²) < 4.78 is 5.28. The number of aliphatic hydroxyl groups excluding tert-OH is 1. The first-order valence-electron chi connectivity index (χ1n) is 6.86. The van der Waals surface area contributed by atoms with Crippen molar-refractivity contribution in [1.29, 1.82) is 0 Å². The minimum atomic E-state index is -0.535. The number of aliphatic hydroxyl groups is 1.